The molecule has 0 spiro atoms. The predicted molar refractivity (Wildman–Crippen MR) is 72.0 cm³/mol. The van der Waals surface area contributed by atoms with Gasteiger partial charge in [0.25, 0.3) is 0 Å². The summed E-state index contributed by atoms with van der Waals surface area (Å²) in [5, 5.41) is 12.0. The van der Waals surface area contributed by atoms with Crippen molar-refractivity contribution in [1.82, 2.24) is 5.32 Å². The molecule has 1 atom stereocenters. The van der Waals surface area contributed by atoms with Gasteiger partial charge in [0.05, 0.1) is 12.1 Å². The maximum Gasteiger partial charge on any atom is 0.237 e. The Labute approximate surface area is 108 Å². The molecule has 1 amide bonds. The van der Waals surface area contributed by atoms with E-state index in [1.54, 1.807) is 11.8 Å². The van der Waals surface area contributed by atoms with Crippen LogP contribution in [0.15, 0.2) is 0 Å². The van der Waals surface area contributed by atoms with Crippen LogP contribution in [-0.2, 0) is 4.79 Å². The zero-order valence-corrected chi connectivity index (χ0v) is 11.4. The average molecular weight is 260 g/mol. The van der Waals surface area contributed by atoms with Gasteiger partial charge >= 0.3 is 0 Å². The van der Waals surface area contributed by atoms with Gasteiger partial charge in [0.2, 0.25) is 5.91 Å². The number of aliphatic hydroxyl groups excluding tert-OH is 1. The molecule has 1 aliphatic carbocycles. The monoisotopic (exact) mass is 260 g/mol. The number of aliphatic hydroxyl groups is 1. The Morgan fingerprint density at radius 1 is 1.47 bits per heavy atom. The first kappa shape index (κ1) is 14.8. The van der Waals surface area contributed by atoms with E-state index < -0.39 is 5.54 Å². The standard InChI is InChI=1S/C12H24N2O2S/c1-12(11(13)16,14-10-4-5-10)6-2-3-8-17-9-7-15/h10,14-15H,2-9H2,1H3,(H2,13,16). The molecule has 0 aromatic heterocycles. The molecule has 0 bridgehead atoms. The van der Waals surface area contributed by atoms with Gasteiger partial charge < -0.3 is 16.2 Å². The van der Waals surface area contributed by atoms with Crippen LogP contribution in [0.3, 0.4) is 0 Å². The zero-order chi connectivity index (χ0) is 12.7. The molecule has 0 aromatic rings. The molecule has 4 nitrogen and oxygen atoms in total. The molecule has 1 aliphatic rings. The molecule has 17 heavy (non-hydrogen) atoms. The van der Waals surface area contributed by atoms with Crippen molar-refractivity contribution in [3.63, 3.8) is 0 Å². The number of carbonyl (C=O) groups is 1. The van der Waals surface area contributed by atoms with Crippen molar-refractivity contribution in [3.8, 4) is 0 Å². The second-order valence-corrected chi connectivity index (χ2v) is 6.13. The molecule has 0 aromatic carbocycles. The van der Waals surface area contributed by atoms with Crippen molar-refractivity contribution in [2.24, 2.45) is 5.73 Å². The van der Waals surface area contributed by atoms with Gasteiger partial charge in [0.15, 0.2) is 0 Å². The molecule has 5 heteroatoms. The third-order valence-electron chi connectivity index (χ3n) is 3.09. The van der Waals surface area contributed by atoms with Crippen molar-refractivity contribution in [2.45, 2.75) is 50.6 Å². The SMILES string of the molecule is CC(CCCCSCCO)(NC1CC1)C(N)=O. The maximum absolute atomic E-state index is 11.5. The fourth-order valence-corrected chi connectivity index (χ4v) is 2.54. The second kappa shape index (κ2) is 7.24. The van der Waals surface area contributed by atoms with Gasteiger partial charge in [-0.1, -0.05) is 6.42 Å². The molecule has 1 saturated carbocycles. The molecule has 0 radical (unpaired) electrons. The van der Waals surface area contributed by atoms with Gasteiger partial charge in [-0.3, -0.25) is 4.79 Å². The van der Waals surface area contributed by atoms with Crippen LogP contribution < -0.4 is 11.1 Å². The van der Waals surface area contributed by atoms with Crippen LogP contribution in [0.4, 0.5) is 0 Å². The molecule has 1 fully saturated rings. The number of carbonyl (C=O) groups excluding carboxylic acids is 1. The largest absolute Gasteiger partial charge is 0.396 e. The van der Waals surface area contributed by atoms with Gasteiger partial charge in [-0.2, -0.15) is 11.8 Å². The molecule has 100 valence electrons. The lowest BCUT2D eigenvalue weighted by molar-refractivity contribution is -0.124. The lowest BCUT2D eigenvalue weighted by Gasteiger charge is -2.27. The number of thioether (sulfide) groups is 1. The topological polar surface area (TPSA) is 75.3 Å². The van der Waals surface area contributed by atoms with E-state index in [1.165, 1.54) is 0 Å². The molecular weight excluding hydrogens is 236 g/mol. The summed E-state index contributed by atoms with van der Waals surface area (Å²) in [7, 11) is 0. The number of nitrogens with one attached hydrogen (secondary N) is 1. The average Bonchev–Trinajstić information content (AvgIpc) is 3.07. The minimum absolute atomic E-state index is 0.243. The normalized spacial score (nSPS) is 18.9. The third-order valence-corrected chi connectivity index (χ3v) is 4.14. The number of hydrogen-bond acceptors (Lipinski definition) is 4. The van der Waals surface area contributed by atoms with Crippen LogP contribution in [0.1, 0.15) is 39.0 Å². The van der Waals surface area contributed by atoms with Crippen molar-refractivity contribution in [3.05, 3.63) is 0 Å². The summed E-state index contributed by atoms with van der Waals surface area (Å²) in [4.78, 5) is 11.5. The van der Waals surface area contributed by atoms with Crippen LogP contribution >= 0.6 is 11.8 Å². The van der Waals surface area contributed by atoms with Crippen LogP contribution in [0.5, 0.6) is 0 Å². The zero-order valence-electron chi connectivity index (χ0n) is 10.6. The van der Waals surface area contributed by atoms with Crippen molar-refractivity contribution < 1.29 is 9.90 Å². The summed E-state index contributed by atoms with van der Waals surface area (Å²) in [6.45, 7) is 2.15. The van der Waals surface area contributed by atoms with Gasteiger partial charge in [0, 0.05) is 11.8 Å². The lowest BCUT2D eigenvalue weighted by atomic mass is 9.94. The van der Waals surface area contributed by atoms with Gasteiger partial charge in [-0.25, -0.2) is 0 Å². The molecule has 1 unspecified atom stereocenters. The fourth-order valence-electron chi connectivity index (χ4n) is 1.79. The van der Waals surface area contributed by atoms with E-state index >= 15 is 0 Å². The predicted octanol–water partition coefficient (Wildman–Crippen LogP) is 0.878. The van der Waals surface area contributed by atoms with E-state index in [0.717, 1.165) is 43.6 Å². The number of primary amides is 1. The van der Waals surface area contributed by atoms with Crippen LogP contribution in [0, 0.1) is 0 Å². The number of unbranched alkanes of at least 4 members (excludes halogenated alkanes) is 1. The van der Waals surface area contributed by atoms with E-state index in [2.05, 4.69) is 5.32 Å². The molecule has 0 aliphatic heterocycles. The Morgan fingerprint density at radius 3 is 2.71 bits per heavy atom. The Morgan fingerprint density at radius 2 is 2.18 bits per heavy atom. The highest BCUT2D eigenvalue weighted by atomic mass is 32.2. The molecular formula is C12H24N2O2S. The first-order chi connectivity index (χ1) is 8.08. The summed E-state index contributed by atoms with van der Waals surface area (Å²) in [6, 6.07) is 0.497. The quantitative estimate of drug-likeness (QED) is 0.510. The van der Waals surface area contributed by atoms with Gasteiger partial charge in [-0.15, -0.1) is 0 Å². The smallest absolute Gasteiger partial charge is 0.237 e. The van der Waals surface area contributed by atoms with Crippen LogP contribution in [-0.4, -0.2) is 40.7 Å². The molecule has 4 N–H and O–H groups in total. The highest BCUT2D eigenvalue weighted by Gasteiger charge is 2.36. The number of amides is 1. The first-order valence-electron chi connectivity index (χ1n) is 6.35. The highest BCUT2D eigenvalue weighted by molar-refractivity contribution is 7.99. The van der Waals surface area contributed by atoms with Gasteiger partial charge in [0.1, 0.15) is 0 Å². The number of nitrogens with two attached hydrogens (primary N) is 1. The minimum Gasteiger partial charge on any atom is -0.396 e. The third kappa shape index (κ3) is 5.75. The summed E-state index contributed by atoms with van der Waals surface area (Å²) in [6.07, 6.45) is 5.19. The van der Waals surface area contributed by atoms with E-state index in [4.69, 9.17) is 10.8 Å². The van der Waals surface area contributed by atoms with Crippen molar-refractivity contribution in [1.29, 1.82) is 0 Å². The minimum atomic E-state index is -0.539. The lowest BCUT2D eigenvalue weighted by Crippen LogP contribution is -2.53. The molecule has 1 rings (SSSR count). The Kier molecular flexibility index (Phi) is 6.30. The summed E-state index contributed by atoms with van der Waals surface area (Å²) < 4.78 is 0. The number of rotatable bonds is 10. The fraction of sp³-hybridized carbons (Fsp3) is 0.917. The molecule has 0 heterocycles. The van der Waals surface area contributed by atoms with Gasteiger partial charge in [-0.05, 0) is 38.4 Å². The Bertz CT molecular complexity index is 247. The van der Waals surface area contributed by atoms with E-state index in [0.29, 0.717) is 6.04 Å². The highest BCUT2D eigenvalue weighted by Crippen LogP contribution is 2.25. The Hall–Kier alpha value is -0.260. The summed E-state index contributed by atoms with van der Waals surface area (Å²) in [5.74, 6) is 1.60. The van der Waals surface area contributed by atoms with E-state index in [-0.39, 0.29) is 12.5 Å². The van der Waals surface area contributed by atoms with Crippen LogP contribution in [0.25, 0.3) is 0 Å². The first-order valence-corrected chi connectivity index (χ1v) is 7.50. The van der Waals surface area contributed by atoms with Crippen molar-refractivity contribution >= 4 is 17.7 Å². The van der Waals surface area contributed by atoms with E-state index in [1.807, 2.05) is 6.92 Å². The van der Waals surface area contributed by atoms with Crippen molar-refractivity contribution in [2.75, 3.05) is 18.1 Å². The maximum atomic E-state index is 11.5. The van der Waals surface area contributed by atoms with Crippen LogP contribution in [0.2, 0.25) is 0 Å². The Balaban J connectivity index is 2.17. The summed E-state index contributed by atoms with van der Waals surface area (Å²) in [5.41, 5.74) is 4.93. The summed E-state index contributed by atoms with van der Waals surface area (Å²) >= 11 is 1.75. The second-order valence-electron chi connectivity index (χ2n) is 4.91. The number of hydrogen-bond donors (Lipinski definition) is 3. The van der Waals surface area contributed by atoms with E-state index in [9.17, 15) is 4.79 Å². The molecule has 0 saturated heterocycles.